The van der Waals surface area contributed by atoms with Crippen LogP contribution in [0.15, 0.2) is 33.9 Å². The highest BCUT2D eigenvalue weighted by Gasteiger charge is 2.10. The summed E-state index contributed by atoms with van der Waals surface area (Å²) in [6, 6.07) is 6.04. The summed E-state index contributed by atoms with van der Waals surface area (Å²) in [7, 11) is 0. The Labute approximate surface area is 107 Å². The molecule has 0 fully saturated rings. The maximum atomic E-state index is 11.7. The Kier molecular flexibility index (Phi) is 3.28. The van der Waals surface area contributed by atoms with E-state index in [-0.39, 0.29) is 12.1 Å². The topological polar surface area (TPSA) is 109 Å². The molecule has 1 aromatic carbocycles. The number of aromatic amines is 2. The van der Waals surface area contributed by atoms with Gasteiger partial charge in [-0.2, -0.15) is 0 Å². The molecule has 0 amide bonds. The molecule has 2 aromatic rings. The van der Waals surface area contributed by atoms with Crippen LogP contribution in [-0.2, 0) is 6.42 Å². The fraction of sp³-hybridized carbons (Fsp3) is 0.167. The molecule has 98 valence electrons. The van der Waals surface area contributed by atoms with Crippen molar-refractivity contribution in [3.63, 3.8) is 0 Å². The smallest absolute Gasteiger partial charge is 0.311 e. The van der Waals surface area contributed by atoms with Gasteiger partial charge in [0.15, 0.2) is 0 Å². The van der Waals surface area contributed by atoms with Crippen LogP contribution in [0.2, 0.25) is 0 Å². The van der Waals surface area contributed by atoms with E-state index >= 15 is 0 Å². The first-order valence-corrected chi connectivity index (χ1v) is 5.53. The molecule has 0 aliphatic rings. The number of nitrogens with zero attached hydrogens (tertiary/aromatic N) is 1. The van der Waals surface area contributed by atoms with Gasteiger partial charge < -0.3 is 4.98 Å². The Balaban J connectivity index is 2.42. The van der Waals surface area contributed by atoms with Crippen molar-refractivity contribution in [1.29, 1.82) is 0 Å². The van der Waals surface area contributed by atoms with Crippen molar-refractivity contribution in [1.82, 2.24) is 9.97 Å². The summed E-state index contributed by atoms with van der Waals surface area (Å²) in [6.07, 6.45) is 0.222. The Morgan fingerprint density at radius 1 is 1.26 bits per heavy atom. The fourth-order valence-electron chi connectivity index (χ4n) is 1.82. The van der Waals surface area contributed by atoms with Crippen LogP contribution in [0.25, 0.3) is 0 Å². The molecule has 0 saturated carbocycles. The molecule has 7 nitrogen and oxygen atoms in total. The van der Waals surface area contributed by atoms with Gasteiger partial charge in [-0.25, -0.2) is 4.79 Å². The molecule has 1 aromatic heterocycles. The van der Waals surface area contributed by atoms with Crippen LogP contribution < -0.4 is 11.2 Å². The molecule has 7 heteroatoms. The SMILES string of the molecule is Cc1[nH]c(=O)[nH]c(=O)c1Cc1cccc([N+](=O)[O-])c1. The molecule has 0 spiro atoms. The van der Waals surface area contributed by atoms with Gasteiger partial charge in [0.05, 0.1) is 4.92 Å². The third-order valence-corrected chi connectivity index (χ3v) is 2.76. The Bertz CT molecular complexity index is 745. The van der Waals surface area contributed by atoms with E-state index in [1.54, 1.807) is 19.1 Å². The van der Waals surface area contributed by atoms with Gasteiger partial charge in [-0.1, -0.05) is 12.1 Å². The molecule has 1 heterocycles. The predicted octanol–water partition coefficient (Wildman–Crippen LogP) is 0.871. The van der Waals surface area contributed by atoms with Crippen molar-refractivity contribution < 1.29 is 4.92 Å². The van der Waals surface area contributed by atoms with E-state index in [4.69, 9.17) is 0 Å². The third-order valence-electron chi connectivity index (χ3n) is 2.76. The van der Waals surface area contributed by atoms with Crippen LogP contribution in [0.1, 0.15) is 16.8 Å². The van der Waals surface area contributed by atoms with Crippen LogP contribution >= 0.6 is 0 Å². The van der Waals surface area contributed by atoms with Gasteiger partial charge in [0.1, 0.15) is 0 Å². The van der Waals surface area contributed by atoms with Crippen molar-refractivity contribution in [3.8, 4) is 0 Å². The summed E-state index contributed by atoms with van der Waals surface area (Å²) in [5, 5.41) is 10.7. The zero-order valence-corrected chi connectivity index (χ0v) is 10.1. The lowest BCUT2D eigenvalue weighted by atomic mass is 10.0. The zero-order valence-electron chi connectivity index (χ0n) is 10.1. The second-order valence-electron chi connectivity index (χ2n) is 4.12. The Morgan fingerprint density at radius 2 is 2.00 bits per heavy atom. The largest absolute Gasteiger partial charge is 0.325 e. The van der Waals surface area contributed by atoms with Crippen molar-refractivity contribution in [2.75, 3.05) is 0 Å². The van der Waals surface area contributed by atoms with E-state index in [0.29, 0.717) is 16.8 Å². The van der Waals surface area contributed by atoms with Crippen LogP contribution in [-0.4, -0.2) is 14.9 Å². The zero-order chi connectivity index (χ0) is 14.0. The Hall–Kier alpha value is -2.70. The first kappa shape index (κ1) is 12.7. The van der Waals surface area contributed by atoms with Gasteiger partial charge in [-0.3, -0.25) is 19.9 Å². The minimum atomic E-state index is -0.565. The van der Waals surface area contributed by atoms with Crippen LogP contribution in [0, 0.1) is 17.0 Å². The number of nitrogens with one attached hydrogen (secondary N) is 2. The summed E-state index contributed by atoms with van der Waals surface area (Å²) in [6.45, 7) is 1.61. The summed E-state index contributed by atoms with van der Waals surface area (Å²) < 4.78 is 0. The van der Waals surface area contributed by atoms with Crippen molar-refractivity contribution in [2.24, 2.45) is 0 Å². The minimum Gasteiger partial charge on any atom is -0.311 e. The number of rotatable bonds is 3. The summed E-state index contributed by atoms with van der Waals surface area (Å²) in [4.78, 5) is 37.5. The molecule has 0 saturated heterocycles. The maximum absolute atomic E-state index is 11.7. The van der Waals surface area contributed by atoms with Gasteiger partial charge >= 0.3 is 5.69 Å². The number of H-pyrrole nitrogens is 2. The van der Waals surface area contributed by atoms with Gasteiger partial charge in [-0.15, -0.1) is 0 Å². The number of benzene rings is 1. The molecule has 0 bridgehead atoms. The van der Waals surface area contributed by atoms with E-state index in [0.717, 1.165) is 0 Å². The first-order chi connectivity index (χ1) is 8.97. The molecule has 19 heavy (non-hydrogen) atoms. The number of non-ortho nitro benzene ring substituents is 1. The van der Waals surface area contributed by atoms with Crippen molar-refractivity contribution >= 4 is 5.69 Å². The second kappa shape index (κ2) is 4.89. The molecule has 2 N–H and O–H groups in total. The predicted molar refractivity (Wildman–Crippen MR) is 68.3 cm³/mol. The minimum absolute atomic E-state index is 0.0315. The van der Waals surface area contributed by atoms with Crippen molar-refractivity contribution in [3.05, 3.63) is 72.0 Å². The van der Waals surface area contributed by atoms with E-state index in [1.165, 1.54) is 12.1 Å². The molecule has 2 rings (SSSR count). The number of nitro benzene ring substituents is 1. The third kappa shape index (κ3) is 2.76. The number of hydrogen-bond acceptors (Lipinski definition) is 4. The van der Waals surface area contributed by atoms with Crippen LogP contribution in [0.3, 0.4) is 0 Å². The number of hydrogen-bond donors (Lipinski definition) is 2. The molecular formula is C12H11N3O4. The highest BCUT2D eigenvalue weighted by Crippen LogP contribution is 2.15. The number of nitro groups is 1. The van der Waals surface area contributed by atoms with Crippen LogP contribution in [0.5, 0.6) is 0 Å². The highest BCUT2D eigenvalue weighted by molar-refractivity contribution is 5.37. The summed E-state index contributed by atoms with van der Waals surface area (Å²) in [5.41, 5.74) is 0.407. The molecule has 0 radical (unpaired) electrons. The van der Waals surface area contributed by atoms with Crippen molar-refractivity contribution in [2.45, 2.75) is 13.3 Å². The lowest BCUT2D eigenvalue weighted by molar-refractivity contribution is -0.384. The number of aryl methyl sites for hydroxylation is 1. The van der Waals surface area contributed by atoms with E-state index in [2.05, 4.69) is 9.97 Å². The standard InChI is InChI=1S/C12H11N3O4/c1-7-10(11(16)14-12(17)13-7)6-8-3-2-4-9(5-8)15(18)19/h2-5H,6H2,1H3,(H2,13,14,16,17). The first-order valence-electron chi connectivity index (χ1n) is 5.53. The normalized spacial score (nSPS) is 10.4. The second-order valence-corrected chi connectivity index (χ2v) is 4.12. The van der Waals surface area contributed by atoms with E-state index < -0.39 is 16.2 Å². The molecule has 0 unspecified atom stereocenters. The van der Waals surface area contributed by atoms with E-state index in [9.17, 15) is 19.7 Å². The average molecular weight is 261 g/mol. The molecule has 0 aliphatic heterocycles. The highest BCUT2D eigenvalue weighted by atomic mass is 16.6. The summed E-state index contributed by atoms with van der Waals surface area (Å²) in [5.74, 6) is 0. The van der Waals surface area contributed by atoms with Gasteiger partial charge in [0.2, 0.25) is 0 Å². The Morgan fingerprint density at radius 3 is 2.63 bits per heavy atom. The fourth-order valence-corrected chi connectivity index (χ4v) is 1.82. The quantitative estimate of drug-likeness (QED) is 0.631. The van der Waals surface area contributed by atoms with Crippen LogP contribution in [0.4, 0.5) is 5.69 Å². The van der Waals surface area contributed by atoms with E-state index in [1.807, 2.05) is 0 Å². The lowest BCUT2D eigenvalue weighted by Gasteiger charge is -2.04. The summed E-state index contributed by atoms with van der Waals surface area (Å²) >= 11 is 0. The lowest BCUT2D eigenvalue weighted by Crippen LogP contribution is -2.27. The molecule has 0 atom stereocenters. The van der Waals surface area contributed by atoms with Gasteiger partial charge in [0.25, 0.3) is 11.2 Å². The van der Waals surface area contributed by atoms with Gasteiger partial charge in [0, 0.05) is 29.8 Å². The maximum Gasteiger partial charge on any atom is 0.325 e. The monoisotopic (exact) mass is 261 g/mol. The number of aromatic nitrogens is 2. The molecule has 0 aliphatic carbocycles. The molecular weight excluding hydrogens is 250 g/mol. The average Bonchev–Trinajstić information content (AvgIpc) is 2.34. The van der Waals surface area contributed by atoms with Gasteiger partial charge in [-0.05, 0) is 12.5 Å².